The minimum Gasteiger partial charge on any atom is -0.350 e. The lowest BCUT2D eigenvalue weighted by molar-refractivity contribution is -0.140. The average Bonchev–Trinajstić information content (AvgIpc) is 2.89. The first-order chi connectivity index (χ1) is 20.0. The molecule has 1 atom stereocenters. The second-order valence-electron chi connectivity index (χ2n) is 14.2. The molecule has 0 aromatic heterocycles. The van der Waals surface area contributed by atoms with Crippen molar-refractivity contribution >= 4 is 50.7 Å². The predicted molar refractivity (Wildman–Crippen MR) is 173 cm³/mol. The van der Waals surface area contributed by atoms with E-state index >= 15 is 0 Å². The maximum Gasteiger partial charge on any atom is 0.244 e. The summed E-state index contributed by atoms with van der Waals surface area (Å²) in [5, 5.41) is 3.63. The Hall–Kier alpha value is -2.29. The van der Waals surface area contributed by atoms with Crippen LogP contribution in [0.25, 0.3) is 0 Å². The van der Waals surface area contributed by atoms with Gasteiger partial charge in [0.15, 0.2) is 0 Å². The number of amides is 2. The van der Waals surface area contributed by atoms with E-state index in [4.69, 9.17) is 23.2 Å². The van der Waals surface area contributed by atoms with Crippen LogP contribution >= 0.6 is 23.2 Å². The van der Waals surface area contributed by atoms with Crippen molar-refractivity contribution in [3.8, 4) is 0 Å². The van der Waals surface area contributed by atoms with Crippen LogP contribution in [0.4, 0.5) is 5.69 Å². The van der Waals surface area contributed by atoms with Crippen LogP contribution in [-0.2, 0) is 31.6 Å². The van der Waals surface area contributed by atoms with Crippen molar-refractivity contribution in [3.63, 3.8) is 0 Å². The summed E-state index contributed by atoms with van der Waals surface area (Å²) < 4.78 is 27.3. The molecule has 7 nitrogen and oxygen atoms in total. The number of carbonyl (C=O) groups excluding carboxylic acids is 2. The SMILES string of the molecule is CC(C(=O)NC(C)(C)C)N(Cc1ccc(Cl)c(Cl)c1)C(=O)CN(c1ccc(C23CC4CC(CC(C4)C2)C3)cc1)S(C)(=O)=O. The molecule has 1 unspecified atom stereocenters. The van der Waals surface area contributed by atoms with Crippen LogP contribution in [0.15, 0.2) is 42.5 Å². The smallest absolute Gasteiger partial charge is 0.244 e. The summed E-state index contributed by atoms with van der Waals surface area (Å²) in [7, 11) is -3.82. The lowest BCUT2D eigenvalue weighted by Crippen LogP contribution is -2.54. The molecule has 4 saturated carbocycles. The number of hydrogen-bond acceptors (Lipinski definition) is 4. The van der Waals surface area contributed by atoms with E-state index in [9.17, 15) is 18.0 Å². The van der Waals surface area contributed by atoms with Gasteiger partial charge in [0.1, 0.15) is 12.6 Å². The van der Waals surface area contributed by atoms with Crippen molar-refractivity contribution < 1.29 is 18.0 Å². The molecular weight excluding hydrogens is 605 g/mol. The second kappa shape index (κ2) is 11.9. The minimum absolute atomic E-state index is 0.0526. The maximum atomic E-state index is 13.9. The number of nitrogens with zero attached hydrogens (tertiary/aromatic N) is 2. The van der Waals surface area contributed by atoms with Crippen LogP contribution in [0.1, 0.15) is 77.3 Å². The van der Waals surface area contributed by atoms with Crippen molar-refractivity contribution in [1.29, 1.82) is 0 Å². The molecule has 0 radical (unpaired) electrons. The Kier molecular flexibility index (Phi) is 8.89. The molecule has 0 heterocycles. The van der Waals surface area contributed by atoms with Gasteiger partial charge in [-0.1, -0.05) is 41.4 Å². The van der Waals surface area contributed by atoms with Crippen LogP contribution in [-0.4, -0.2) is 49.5 Å². The quantitative estimate of drug-likeness (QED) is 0.334. The zero-order chi connectivity index (χ0) is 31.3. The van der Waals surface area contributed by atoms with Gasteiger partial charge in [-0.25, -0.2) is 8.42 Å². The topological polar surface area (TPSA) is 86.8 Å². The molecule has 0 saturated heterocycles. The van der Waals surface area contributed by atoms with Crippen LogP contribution in [0.2, 0.25) is 10.0 Å². The van der Waals surface area contributed by atoms with Gasteiger partial charge >= 0.3 is 0 Å². The molecule has 10 heteroatoms. The zero-order valence-electron chi connectivity index (χ0n) is 25.7. The van der Waals surface area contributed by atoms with Gasteiger partial charge in [0.05, 0.1) is 22.0 Å². The van der Waals surface area contributed by atoms with E-state index < -0.39 is 34.1 Å². The van der Waals surface area contributed by atoms with E-state index in [0.29, 0.717) is 21.3 Å². The zero-order valence-corrected chi connectivity index (χ0v) is 28.0. The Balaban J connectivity index is 1.40. The monoisotopic (exact) mass is 647 g/mol. The van der Waals surface area contributed by atoms with Gasteiger partial charge in [-0.3, -0.25) is 13.9 Å². The number of carbonyl (C=O) groups is 2. The molecule has 4 fully saturated rings. The van der Waals surface area contributed by atoms with Crippen molar-refractivity contribution in [1.82, 2.24) is 10.2 Å². The van der Waals surface area contributed by atoms with Crippen molar-refractivity contribution in [2.75, 3.05) is 17.1 Å². The Bertz CT molecular complexity index is 1450. The molecule has 234 valence electrons. The summed E-state index contributed by atoms with van der Waals surface area (Å²) >= 11 is 12.3. The lowest BCUT2D eigenvalue weighted by atomic mass is 9.48. The first kappa shape index (κ1) is 32.1. The molecule has 2 amide bonds. The van der Waals surface area contributed by atoms with E-state index in [1.165, 1.54) is 49.0 Å². The van der Waals surface area contributed by atoms with Gasteiger partial charge in [0, 0.05) is 12.1 Å². The summed E-state index contributed by atoms with van der Waals surface area (Å²) in [5.41, 5.74) is 2.06. The maximum absolute atomic E-state index is 13.9. The Labute approximate surface area is 266 Å². The number of nitrogens with one attached hydrogen (secondary N) is 1. The number of anilines is 1. The van der Waals surface area contributed by atoms with E-state index in [1.54, 1.807) is 25.1 Å². The number of rotatable bonds is 9. The molecule has 4 aliphatic rings. The third-order valence-corrected chi connectivity index (χ3v) is 11.4. The molecule has 2 aromatic rings. The molecule has 0 spiro atoms. The van der Waals surface area contributed by atoms with E-state index in [-0.39, 0.29) is 17.9 Å². The Morgan fingerprint density at radius 3 is 2.00 bits per heavy atom. The number of sulfonamides is 1. The van der Waals surface area contributed by atoms with Gasteiger partial charge in [0.2, 0.25) is 21.8 Å². The molecule has 6 rings (SSSR count). The van der Waals surface area contributed by atoms with Gasteiger partial charge in [0.25, 0.3) is 0 Å². The van der Waals surface area contributed by atoms with Crippen LogP contribution in [0.5, 0.6) is 0 Å². The summed E-state index contributed by atoms with van der Waals surface area (Å²) in [6, 6.07) is 12.0. The number of benzene rings is 2. The molecule has 4 aliphatic carbocycles. The van der Waals surface area contributed by atoms with Crippen molar-refractivity contribution in [2.24, 2.45) is 17.8 Å². The van der Waals surface area contributed by atoms with E-state index in [2.05, 4.69) is 17.4 Å². The molecule has 43 heavy (non-hydrogen) atoms. The van der Waals surface area contributed by atoms with Crippen molar-refractivity contribution in [3.05, 3.63) is 63.6 Å². The molecule has 0 aliphatic heterocycles. The largest absolute Gasteiger partial charge is 0.350 e. The van der Waals surface area contributed by atoms with Gasteiger partial charge in [-0.15, -0.1) is 0 Å². The Morgan fingerprint density at radius 1 is 0.953 bits per heavy atom. The molecule has 4 bridgehead atoms. The minimum atomic E-state index is -3.82. The number of hydrogen-bond donors (Lipinski definition) is 1. The highest BCUT2D eigenvalue weighted by molar-refractivity contribution is 7.92. The normalized spacial score (nSPS) is 25.3. The first-order valence-electron chi connectivity index (χ1n) is 15.2. The van der Waals surface area contributed by atoms with E-state index in [1.807, 2.05) is 32.9 Å². The lowest BCUT2D eigenvalue weighted by Gasteiger charge is -2.57. The van der Waals surface area contributed by atoms with Crippen molar-refractivity contribution in [2.45, 2.75) is 89.8 Å². The molecule has 2 aromatic carbocycles. The van der Waals surface area contributed by atoms with E-state index in [0.717, 1.165) is 28.3 Å². The van der Waals surface area contributed by atoms with Crippen LogP contribution in [0, 0.1) is 17.8 Å². The van der Waals surface area contributed by atoms with Crippen LogP contribution in [0.3, 0.4) is 0 Å². The second-order valence-corrected chi connectivity index (χ2v) is 16.9. The highest BCUT2D eigenvalue weighted by atomic mass is 35.5. The number of halogens is 2. The highest BCUT2D eigenvalue weighted by Crippen LogP contribution is 2.60. The Morgan fingerprint density at radius 2 is 1.51 bits per heavy atom. The van der Waals surface area contributed by atoms with Gasteiger partial charge < -0.3 is 10.2 Å². The third-order valence-electron chi connectivity index (χ3n) is 9.49. The van der Waals surface area contributed by atoms with Crippen LogP contribution < -0.4 is 9.62 Å². The summed E-state index contributed by atoms with van der Waals surface area (Å²) in [6.07, 6.45) is 8.80. The van der Waals surface area contributed by atoms with Gasteiger partial charge in [-0.05, 0) is 125 Å². The fourth-order valence-electron chi connectivity index (χ4n) is 7.95. The molecular formula is C33H43Cl2N3O4S. The molecule has 1 N–H and O–H groups in total. The van der Waals surface area contributed by atoms with Gasteiger partial charge in [-0.2, -0.15) is 0 Å². The fourth-order valence-corrected chi connectivity index (χ4v) is 9.12. The summed E-state index contributed by atoms with van der Waals surface area (Å²) in [4.78, 5) is 28.5. The third kappa shape index (κ3) is 7.18. The summed E-state index contributed by atoms with van der Waals surface area (Å²) in [5.74, 6) is 1.56. The first-order valence-corrected chi connectivity index (χ1v) is 17.8. The average molecular weight is 649 g/mol. The summed E-state index contributed by atoms with van der Waals surface area (Å²) in [6.45, 7) is 6.84. The fraction of sp³-hybridized carbons (Fsp3) is 0.576. The highest BCUT2D eigenvalue weighted by Gasteiger charge is 2.51. The standard InChI is InChI=1S/C33H43Cl2N3O4S/c1-21(31(40)36-32(2,3)4)37(19-22-6-11-28(34)29(35)15-22)30(39)20-38(43(5,41)42)27-9-7-26(8-10-27)33-16-23-12-24(17-33)14-25(13-23)18-33/h6-11,15,21,23-25H,12-14,16-20H2,1-5H3,(H,36,40). The predicted octanol–water partition coefficient (Wildman–Crippen LogP) is 6.56.